The molecular formula is C14H19ClFN3. The fourth-order valence-electron chi connectivity index (χ4n) is 2.07. The number of aliphatic imine (C=N–C) groups is 1. The van der Waals surface area contributed by atoms with Crippen LogP contribution in [0.25, 0.3) is 0 Å². The Morgan fingerprint density at radius 2 is 2.37 bits per heavy atom. The highest BCUT2D eigenvalue weighted by Gasteiger charge is 2.41. The molecule has 1 aromatic rings. The second kappa shape index (κ2) is 5.78. The molecule has 1 aliphatic rings. The van der Waals surface area contributed by atoms with Gasteiger partial charge in [-0.05, 0) is 31.9 Å². The molecule has 0 bridgehead atoms. The standard InChI is InChI=1S/C14H19ClFN3/c1-3-8(2)18-14(17)19-12-7-9(12)13-10(15)5-4-6-11(13)16/h4-6,8-9,12H,3,7H2,1-2H3,(H3,17,18,19). The van der Waals surface area contributed by atoms with E-state index in [9.17, 15) is 4.39 Å². The van der Waals surface area contributed by atoms with E-state index in [4.69, 9.17) is 17.3 Å². The zero-order valence-electron chi connectivity index (χ0n) is 11.2. The Hall–Kier alpha value is -1.29. The van der Waals surface area contributed by atoms with Crippen molar-refractivity contribution in [2.45, 2.75) is 44.7 Å². The average Bonchev–Trinajstić information content (AvgIpc) is 3.07. The van der Waals surface area contributed by atoms with Crippen LogP contribution in [0.3, 0.4) is 0 Å². The second-order valence-electron chi connectivity index (χ2n) is 5.01. The van der Waals surface area contributed by atoms with Gasteiger partial charge in [-0.25, -0.2) is 9.38 Å². The van der Waals surface area contributed by atoms with Gasteiger partial charge in [0.2, 0.25) is 0 Å². The van der Waals surface area contributed by atoms with E-state index in [1.54, 1.807) is 12.1 Å². The summed E-state index contributed by atoms with van der Waals surface area (Å²) < 4.78 is 13.7. The van der Waals surface area contributed by atoms with Crippen LogP contribution in [0.2, 0.25) is 5.02 Å². The number of nitrogens with one attached hydrogen (secondary N) is 1. The van der Waals surface area contributed by atoms with Crippen molar-refractivity contribution < 1.29 is 4.39 Å². The highest BCUT2D eigenvalue weighted by atomic mass is 35.5. The molecule has 0 aliphatic heterocycles. The van der Waals surface area contributed by atoms with Gasteiger partial charge in [0.15, 0.2) is 5.96 Å². The van der Waals surface area contributed by atoms with Crippen LogP contribution >= 0.6 is 11.6 Å². The van der Waals surface area contributed by atoms with Crippen LogP contribution in [0, 0.1) is 5.82 Å². The van der Waals surface area contributed by atoms with Gasteiger partial charge >= 0.3 is 0 Å². The van der Waals surface area contributed by atoms with E-state index in [0.717, 1.165) is 12.8 Å². The molecule has 1 fully saturated rings. The zero-order chi connectivity index (χ0) is 14.0. The Labute approximate surface area is 118 Å². The van der Waals surface area contributed by atoms with E-state index in [-0.39, 0.29) is 23.8 Å². The lowest BCUT2D eigenvalue weighted by Gasteiger charge is -2.11. The molecule has 1 aliphatic carbocycles. The molecule has 0 radical (unpaired) electrons. The largest absolute Gasteiger partial charge is 0.370 e. The number of benzene rings is 1. The summed E-state index contributed by atoms with van der Waals surface area (Å²) >= 11 is 6.04. The van der Waals surface area contributed by atoms with E-state index in [0.29, 0.717) is 16.5 Å². The summed E-state index contributed by atoms with van der Waals surface area (Å²) in [4.78, 5) is 4.37. The van der Waals surface area contributed by atoms with Crippen LogP contribution in [-0.2, 0) is 0 Å². The van der Waals surface area contributed by atoms with Crippen LogP contribution in [0.1, 0.15) is 38.2 Å². The fraction of sp³-hybridized carbons (Fsp3) is 0.500. The minimum atomic E-state index is -0.261. The molecular weight excluding hydrogens is 265 g/mol. The summed E-state index contributed by atoms with van der Waals surface area (Å²) in [7, 11) is 0. The number of nitrogens with zero attached hydrogens (tertiary/aromatic N) is 1. The molecule has 0 amide bonds. The first-order chi connectivity index (χ1) is 9.02. The maximum atomic E-state index is 13.7. The lowest BCUT2D eigenvalue weighted by atomic mass is 10.1. The zero-order valence-corrected chi connectivity index (χ0v) is 11.9. The lowest BCUT2D eigenvalue weighted by molar-refractivity contribution is 0.609. The van der Waals surface area contributed by atoms with Gasteiger partial charge in [0.05, 0.1) is 6.04 Å². The van der Waals surface area contributed by atoms with Crippen molar-refractivity contribution >= 4 is 17.6 Å². The molecule has 0 saturated heterocycles. The molecule has 3 nitrogen and oxygen atoms in total. The molecule has 1 aromatic carbocycles. The number of hydrogen-bond donors (Lipinski definition) is 2. The molecule has 0 heterocycles. The molecule has 0 spiro atoms. The van der Waals surface area contributed by atoms with Crippen molar-refractivity contribution in [3.05, 3.63) is 34.6 Å². The summed E-state index contributed by atoms with van der Waals surface area (Å²) in [5.41, 5.74) is 6.38. The summed E-state index contributed by atoms with van der Waals surface area (Å²) in [6, 6.07) is 5.07. The molecule has 5 heteroatoms. The summed E-state index contributed by atoms with van der Waals surface area (Å²) in [6.07, 6.45) is 1.77. The average molecular weight is 284 g/mol. The molecule has 3 unspecified atom stereocenters. The van der Waals surface area contributed by atoms with Gasteiger partial charge in [0, 0.05) is 22.5 Å². The van der Waals surface area contributed by atoms with Gasteiger partial charge < -0.3 is 11.1 Å². The molecule has 0 aromatic heterocycles. The summed E-state index contributed by atoms with van der Waals surface area (Å²) in [6.45, 7) is 4.12. The highest BCUT2D eigenvalue weighted by Crippen LogP contribution is 2.46. The van der Waals surface area contributed by atoms with Crippen molar-refractivity contribution in [2.24, 2.45) is 10.7 Å². The van der Waals surface area contributed by atoms with Gasteiger partial charge in [-0.15, -0.1) is 0 Å². The normalized spacial score (nSPS) is 24.1. The Bertz CT molecular complexity index is 469. The smallest absolute Gasteiger partial charge is 0.189 e. The van der Waals surface area contributed by atoms with Gasteiger partial charge in [0.1, 0.15) is 5.82 Å². The van der Waals surface area contributed by atoms with Crippen molar-refractivity contribution in [3.63, 3.8) is 0 Å². The van der Waals surface area contributed by atoms with Crippen LogP contribution in [0.5, 0.6) is 0 Å². The third kappa shape index (κ3) is 3.38. The predicted molar refractivity (Wildman–Crippen MR) is 77.1 cm³/mol. The minimum absolute atomic E-state index is 0.0333. The van der Waals surface area contributed by atoms with Gasteiger partial charge in [-0.3, -0.25) is 0 Å². The molecule has 3 atom stereocenters. The van der Waals surface area contributed by atoms with E-state index in [2.05, 4.69) is 17.2 Å². The van der Waals surface area contributed by atoms with Gasteiger partial charge in [-0.1, -0.05) is 24.6 Å². The second-order valence-corrected chi connectivity index (χ2v) is 5.42. The van der Waals surface area contributed by atoms with Crippen LogP contribution < -0.4 is 11.1 Å². The van der Waals surface area contributed by atoms with E-state index >= 15 is 0 Å². The van der Waals surface area contributed by atoms with E-state index < -0.39 is 0 Å². The minimum Gasteiger partial charge on any atom is -0.370 e. The van der Waals surface area contributed by atoms with Crippen molar-refractivity contribution in [2.75, 3.05) is 0 Å². The number of rotatable bonds is 4. The quantitative estimate of drug-likeness (QED) is 0.659. The lowest BCUT2D eigenvalue weighted by Crippen LogP contribution is -2.38. The molecule has 3 N–H and O–H groups in total. The third-order valence-corrected chi connectivity index (χ3v) is 3.77. The first-order valence-electron chi connectivity index (χ1n) is 6.56. The van der Waals surface area contributed by atoms with Crippen LogP contribution in [0.4, 0.5) is 4.39 Å². The maximum Gasteiger partial charge on any atom is 0.189 e. The van der Waals surface area contributed by atoms with E-state index in [1.807, 2.05) is 6.92 Å². The van der Waals surface area contributed by atoms with Gasteiger partial charge in [0.25, 0.3) is 0 Å². The SMILES string of the molecule is CCC(C)NC(N)=NC1CC1c1c(F)cccc1Cl. The van der Waals surface area contributed by atoms with Crippen molar-refractivity contribution in [1.29, 1.82) is 0 Å². The fourth-order valence-corrected chi connectivity index (χ4v) is 2.37. The maximum absolute atomic E-state index is 13.7. The topological polar surface area (TPSA) is 50.4 Å². The first kappa shape index (κ1) is 14.1. The van der Waals surface area contributed by atoms with Crippen LogP contribution in [0.15, 0.2) is 23.2 Å². The third-order valence-electron chi connectivity index (χ3n) is 3.44. The van der Waals surface area contributed by atoms with Crippen molar-refractivity contribution in [3.8, 4) is 0 Å². The molecule has 104 valence electrons. The van der Waals surface area contributed by atoms with Crippen LogP contribution in [-0.4, -0.2) is 18.0 Å². The Morgan fingerprint density at radius 1 is 1.63 bits per heavy atom. The predicted octanol–water partition coefficient (Wildman–Crippen LogP) is 3.04. The monoisotopic (exact) mass is 283 g/mol. The molecule has 2 rings (SSSR count). The first-order valence-corrected chi connectivity index (χ1v) is 6.94. The highest BCUT2D eigenvalue weighted by molar-refractivity contribution is 6.31. The summed E-state index contributed by atoms with van der Waals surface area (Å²) in [5, 5.41) is 3.57. The van der Waals surface area contributed by atoms with Crippen molar-refractivity contribution in [1.82, 2.24) is 5.32 Å². The Kier molecular flexibility index (Phi) is 4.30. The molecule has 19 heavy (non-hydrogen) atoms. The van der Waals surface area contributed by atoms with Gasteiger partial charge in [-0.2, -0.15) is 0 Å². The Morgan fingerprint density at radius 3 is 3.00 bits per heavy atom. The van der Waals surface area contributed by atoms with E-state index in [1.165, 1.54) is 6.07 Å². The molecule has 1 saturated carbocycles. The number of hydrogen-bond acceptors (Lipinski definition) is 1. The summed E-state index contributed by atoms with van der Waals surface area (Å²) in [5.74, 6) is 0.212. The number of halogens is 2. The Balaban J connectivity index is 2.03. The number of guanidine groups is 1. The number of nitrogens with two attached hydrogens (primary N) is 1.